The van der Waals surface area contributed by atoms with Gasteiger partial charge in [0.1, 0.15) is 27.5 Å². The van der Waals surface area contributed by atoms with Gasteiger partial charge in [0, 0.05) is 0 Å². The number of hydrogen-bond acceptors (Lipinski definition) is 6. The van der Waals surface area contributed by atoms with Crippen molar-refractivity contribution in [1.29, 1.82) is 0 Å². The van der Waals surface area contributed by atoms with Crippen LogP contribution in [0.2, 0.25) is 0 Å². The predicted octanol–water partition coefficient (Wildman–Crippen LogP) is 5.49. The van der Waals surface area contributed by atoms with Gasteiger partial charge < -0.3 is 14.2 Å². The maximum absolute atomic E-state index is 13.5. The van der Waals surface area contributed by atoms with Gasteiger partial charge in [-0.3, -0.25) is 9.69 Å². The molecule has 7 heteroatoms. The Morgan fingerprint density at radius 1 is 0.909 bits per heavy atom. The van der Waals surface area contributed by atoms with E-state index in [2.05, 4.69) is 0 Å². The van der Waals surface area contributed by atoms with Crippen molar-refractivity contribution < 1.29 is 19.0 Å². The fraction of sp³-hybridized carbons (Fsp3) is 0.231. The average Bonchev–Trinajstić information content (AvgIpc) is 3.29. The molecule has 170 valence electrons. The Bertz CT molecular complexity index is 1180. The third-order valence-electron chi connectivity index (χ3n) is 5.20. The minimum absolute atomic E-state index is 0.0417. The van der Waals surface area contributed by atoms with Crippen LogP contribution in [0.4, 0.5) is 5.13 Å². The number of hydrogen-bond donors (Lipinski definition) is 0. The van der Waals surface area contributed by atoms with Gasteiger partial charge in [-0.25, -0.2) is 4.98 Å². The SMILES string of the molecule is CCOc1ccc(CC(=O)N(Cc2ccccc2)c2nc3c(OC)ccc(OC)c3s2)cc1. The first kappa shape index (κ1) is 22.6. The van der Waals surface area contributed by atoms with Gasteiger partial charge in [-0.05, 0) is 42.3 Å². The van der Waals surface area contributed by atoms with Gasteiger partial charge in [0.2, 0.25) is 5.91 Å². The van der Waals surface area contributed by atoms with Crippen molar-refractivity contribution in [1.82, 2.24) is 4.98 Å². The molecule has 0 N–H and O–H groups in total. The molecule has 0 unspecified atom stereocenters. The van der Waals surface area contributed by atoms with Crippen LogP contribution >= 0.6 is 11.3 Å². The summed E-state index contributed by atoms with van der Waals surface area (Å²) in [6, 6.07) is 21.2. The first-order valence-electron chi connectivity index (χ1n) is 10.7. The lowest BCUT2D eigenvalue weighted by Gasteiger charge is -2.20. The van der Waals surface area contributed by atoms with Crippen molar-refractivity contribution in [2.75, 3.05) is 25.7 Å². The highest BCUT2D eigenvalue weighted by atomic mass is 32.1. The Hall–Kier alpha value is -3.58. The van der Waals surface area contributed by atoms with E-state index in [4.69, 9.17) is 19.2 Å². The summed E-state index contributed by atoms with van der Waals surface area (Å²) in [7, 11) is 3.23. The molecule has 33 heavy (non-hydrogen) atoms. The number of thiazole rings is 1. The second-order valence-corrected chi connectivity index (χ2v) is 8.34. The molecule has 0 spiro atoms. The smallest absolute Gasteiger partial charge is 0.233 e. The van der Waals surface area contributed by atoms with E-state index < -0.39 is 0 Å². The van der Waals surface area contributed by atoms with E-state index in [0.29, 0.717) is 35.3 Å². The van der Waals surface area contributed by atoms with Crippen LogP contribution in [0.3, 0.4) is 0 Å². The van der Waals surface area contributed by atoms with Gasteiger partial charge in [-0.15, -0.1) is 0 Å². The molecule has 6 nitrogen and oxygen atoms in total. The van der Waals surface area contributed by atoms with Crippen LogP contribution in [0.1, 0.15) is 18.1 Å². The average molecular weight is 463 g/mol. The summed E-state index contributed by atoms with van der Waals surface area (Å²) < 4.78 is 17.4. The molecule has 0 radical (unpaired) electrons. The highest BCUT2D eigenvalue weighted by Crippen LogP contribution is 2.40. The van der Waals surface area contributed by atoms with E-state index in [0.717, 1.165) is 21.6 Å². The van der Waals surface area contributed by atoms with E-state index in [1.54, 1.807) is 19.1 Å². The number of nitrogens with zero attached hydrogens (tertiary/aromatic N) is 2. The minimum Gasteiger partial charge on any atom is -0.495 e. The lowest BCUT2D eigenvalue weighted by Crippen LogP contribution is -2.31. The normalized spacial score (nSPS) is 10.8. The van der Waals surface area contributed by atoms with Crippen molar-refractivity contribution >= 4 is 32.6 Å². The Kier molecular flexibility index (Phi) is 7.10. The Morgan fingerprint density at radius 2 is 1.61 bits per heavy atom. The van der Waals surface area contributed by atoms with Crippen molar-refractivity contribution in [3.8, 4) is 17.2 Å². The number of fused-ring (bicyclic) bond motifs is 1. The van der Waals surface area contributed by atoms with Crippen molar-refractivity contribution in [3.05, 3.63) is 77.9 Å². The van der Waals surface area contributed by atoms with Crippen molar-refractivity contribution in [2.45, 2.75) is 19.9 Å². The van der Waals surface area contributed by atoms with E-state index in [-0.39, 0.29) is 12.3 Å². The van der Waals surface area contributed by atoms with E-state index in [1.807, 2.05) is 73.7 Å². The number of amides is 1. The molecule has 0 bridgehead atoms. The van der Waals surface area contributed by atoms with Crippen LogP contribution in [-0.4, -0.2) is 31.7 Å². The summed E-state index contributed by atoms with van der Waals surface area (Å²) in [6.07, 6.45) is 0.253. The van der Waals surface area contributed by atoms with Crippen LogP contribution in [-0.2, 0) is 17.8 Å². The molecule has 0 aliphatic carbocycles. The van der Waals surface area contributed by atoms with Crippen LogP contribution in [0, 0.1) is 0 Å². The summed E-state index contributed by atoms with van der Waals surface area (Å²) in [6.45, 7) is 2.97. The Morgan fingerprint density at radius 3 is 2.27 bits per heavy atom. The van der Waals surface area contributed by atoms with Gasteiger partial charge in [0.25, 0.3) is 0 Å². The third kappa shape index (κ3) is 5.09. The predicted molar refractivity (Wildman–Crippen MR) is 132 cm³/mol. The van der Waals surface area contributed by atoms with E-state index in [9.17, 15) is 4.79 Å². The zero-order valence-electron chi connectivity index (χ0n) is 18.9. The molecule has 3 aromatic carbocycles. The number of benzene rings is 3. The second-order valence-electron chi connectivity index (χ2n) is 7.36. The molecule has 1 amide bonds. The number of anilines is 1. The Labute approximate surface area is 197 Å². The van der Waals surface area contributed by atoms with Gasteiger partial charge in [0.05, 0.1) is 33.8 Å². The molecule has 4 aromatic rings. The molecule has 0 atom stereocenters. The number of rotatable bonds is 9. The molecule has 0 fully saturated rings. The summed E-state index contributed by atoms with van der Waals surface area (Å²) >= 11 is 1.42. The standard InChI is InChI=1S/C26H26N2O4S/c1-4-32-20-12-10-18(11-13-20)16-23(29)28(17-19-8-6-5-7-9-19)26-27-24-21(30-2)14-15-22(31-3)25(24)33-26/h5-15H,4,16-17H2,1-3H3. The summed E-state index contributed by atoms with van der Waals surface area (Å²) in [5, 5.41) is 0.604. The van der Waals surface area contributed by atoms with E-state index in [1.165, 1.54) is 11.3 Å². The molecular formula is C26H26N2O4S. The molecule has 0 saturated carbocycles. The fourth-order valence-electron chi connectivity index (χ4n) is 3.56. The molecule has 1 heterocycles. The maximum Gasteiger partial charge on any atom is 0.233 e. The third-order valence-corrected chi connectivity index (χ3v) is 6.30. The highest BCUT2D eigenvalue weighted by molar-refractivity contribution is 7.22. The van der Waals surface area contributed by atoms with Crippen LogP contribution in [0.25, 0.3) is 10.2 Å². The van der Waals surface area contributed by atoms with Crippen LogP contribution in [0.15, 0.2) is 66.7 Å². The molecule has 0 saturated heterocycles. The van der Waals surface area contributed by atoms with Gasteiger partial charge >= 0.3 is 0 Å². The maximum atomic E-state index is 13.5. The largest absolute Gasteiger partial charge is 0.495 e. The Balaban J connectivity index is 1.69. The number of ether oxygens (including phenoxy) is 3. The molecule has 0 aliphatic rings. The molecular weight excluding hydrogens is 436 g/mol. The zero-order chi connectivity index (χ0) is 23.2. The fourth-order valence-corrected chi connectivity index (χ4v) is 4.65. The molecule has 1 aromatic heterocycles. The van der Waals surface area contributed by atoms with Crippen molar-refractivity contribution in [2.24, 2.45) is 0 Å². The summed E-state index contributed by atoms with van der Waals surface area (Å²) in [4.78, 5) is 20.0. The monoisotopic (exact) mass is 462 g/mol. The lowest BCUT2D eigenvalue weighted by atomic mass is 10.1. The van der Waals surface area contributed by atoms with Gasteiger partial charge in [0.15, 0.2) is 5.13 Å². The second kappa shape index (κ2) is 10.4. The summed E-state index contributed by atoms with van der Waals surface area (Å²) in [5.74, 6) is 2.10. The lowest BCUT2D eigenvalue weighted by molar-refractivity contribution is -0.118. The summed E-state index contributed by atoms with van der Waals surface area (Å²) in [5.41, 5.74) is 2.62. The van der Waals surface area contributed by atoms with Crippen LogP contribution in [0.5, 0.6) is 17.2 Å². The molecule has 0 aliphatic heterocycles. The highest BCUT2D eigenvalue weighted by Gasteiger charge is 2.23. The van der Waals surface area contributed by atoms with Gasteiger partial charge in [-0.2, -0.15) is 0 Å². The number of methoxy groups -OCH3 is 2. The zero-order valence-corrected chi connectivity index (χ0v) is 19.7. The first-order valence-corrected chi connectivity index (χ1v) is 11.5. The van der Waals surface area contributed by atoms with E-state index >= 15 is 0 Å². The molecule has 4 rings (SSSR count). The number of carbonyl (C=O) groups is 1. The number of aromatic nitrogens is 1. The minimum atomic E-state index is -0.0417. The quantitative estimate of drug-likeness (QED) is 0.329. The van der Waals surface area contributed by atoms with Crippen LogP contribution < -0.4 is 19.1 Å². The van der Waals surface area contributed by atoms with Gasteiger partial charge in [-0.1, -0.05) is 53.8 Å². The topological polar surface area (TPSA) is 60.9 Å². The first-order chi connectivity index (χ1) is 16.1. The van der Waals surface area contributed by atoms with Crippen molar-refractivity contribution in [3.63, 3.8) is 0 Å². The number of carbonyl (C=O) groups excluding carboxylic acids is 1.